The Balaban J connectivity index is 0.00000196. The molecule has 1 aliphatic carbocycles. The number of benzene rings is 1. The van der Waals surface area contributed by atoms with Crippen LogP contribution in [-0.4, -0.2) is 50.6 Å². The summed E-state index contributed by atoms with van der Waals surface area (Å²) in [5.74, 6) is 0.455. The number of piperazine rings is 1. The molecule has 3 rings (SSSR count). The van der Waals surface area contributed by atoms with Crippen LogP contribution in [0.25, 0.3) is 0 Å². The van der Waals surface area contributed by atoms with E-state index in [2.05, 4.69) is 4.90 Å². The molecule has 0 bridgehead atoms. The Morgan fingerprint density at radius 2 is 1.79 bits per heavy atom. The van der Waals surface area contributed by atoms with Gasteiger partial charge in [0.2, 0.25) is 5.91 Å². The molecule has 0 unspecified atom stereocenters. The molecule has 1 aromatic carbocycles. The van der Waals surface area contributed by atoms with Crippen molar-refractivity contribution in [1.82, 2.24) is 4.90 Å². The number of hydrogen-bond acceptors (Lipinski definition) is 4. The second-order valence-electron chi connectivity index (χ2n) is 7.63. The lowest BCUT2D eigenvalue weighted by Gasteiger charge is -2.40. The molecule has 8 heteroatoms. The molecule has 2 fully saturated rings. The van der Waals surface area contributed by atoms with Crippen LogP contribution < -0.4 is 15.4 Å². The second kappa shape index (κ2) is 11.1. The maximum absolute atomic E-state index is 13.4. The number of amides is 1. The van der Waals surface area contributed by atoms with Gasteiger partial charge in [0, 0.05) is 38.7 Å². The molecule has 0 atom stereocenters. The Kier molecular flexibility index (Phi) is 9.81. The molecule has 0 radical (unpaired) electrons. The van der Waals surface area contributed by atoms with Gasteiger partial charge in [0.15, 0.2) is 0 Å². The molecule has 0 aromatic heterocycles. The van der Waals surface area contributed by atoms with Crippen LogP contribution in [0.4, 0.5) is 10.1 Å². The quantitative estimate of drug-likeness (QED) is 0.766. The first-order valence-corrected chi connectivity index (χ1v) is 9.63. The Morgan fingerprint density at radius 1 is 1.14 bits per heavy atom. The Hall–Kier alpha value is -1.24. The molecule has 1 heterocycles. The van der Waals surface area contributed by atoms with Gasteiger partial charge < -0.3 is 20.3 Å². The Morgan fingerprint density at radius 3 is 2.36 bits per heavy atom. The molecule has 0 spiro atoms. The van der Waals surface area contributed by atoms with E-state index in [1.807, 2.05) is 4.90 Å². The van der Waals surface area contributed by atoms with Crippen LogP contribution in [-0.2, 0) is 4.79 Å². The fourth-order valence-electron chi connectivity index (χ4n) is 4.30. The van der Waals surface area contributed by atoms with Crippen molar-refractivity contribution in [3.63, 3.8) is 0 Å². The first-order chi connectivity index (χ1) is 12.6. The van der Waals surface area contributed by atoms with Crippen molar-refractivity contribution in [2.24, 2.45) is 11.1 Å². The number of anilines is 1. The van der Waals surface area contributed by atoms with Crippen molar-refractivity contribution < 1.29 is 13.9 Å². The summed E-state index contributed by atoms with van der Waals surface area (Å²) in [6.07, 6.45) is 6.34. The smallest absolute Gasteiger partial charge is 0.223 e. The van der Waals surface area contributed by atoms with Crippen LogP contribution in [0.3, 0.4) is 0 Å². The van der Waals surface area contributed by atoms with E-state index in [0.717, 1.165) is 31.6 Å². The van der Waals surface area contributed by atoms with E-state index in [1.54, 1.807) is 13.2 Å². The van der Waals surface area contributed by atoms with Crippen molar-refractivity contribution >= 4 is 36.4 Å². The highest BCUT2D eigenvalue weighted by Crippen LogP contribution is 2.39. The highest BCUT2D eigenvalue weighted by atomic mass is 35.5. The van der Waals surface area contributed by atoms with Crippen LogP contribution in [0.15, 0.2) is 18.2 Å². The number of hydrogen-bond donors (Lipinski definition) is 1. The maximum Gasteiger partial charge on any atom is 0.223 e. The van der Waals surface area contributed by atoms with Gasteiger partial charge >= 0.3 is 0 Å². The number of carbonyl (C=O) groups is 1. The number of nitrogens with zero attached hydrogens (tertiary/aromatic N) is 2. The van der Waals surface area contributed by atoms with Gasteiger partial charge in [-0.05, 0) is 36.9 Å². The molecule has 1 saturated carbocycles. The fourth-order valence-corrected chi connectivity index (χ4v) is 4.30. The van der Waals surface area contributed by atoms with Crippen LogP contribution in [0.1, 0.15) is 38.5 Å². The lowest BCUT2D eigenvalue weighted by molar-refractivity contribution is -0.134. The molecule has 28 heavy (non-hydrogen) atoms. The molecule has 1 amide bonds. The van der Waals surface area contributed by atoms with Crippen molar-refractivity contribution in [2.75, 3.05) is 44.7 Å². The first-order valence-electron chi connectivity index (χ1n) is 9.63. The summed E-state index contributed by atoms with van der Waals surface area (Å²) in [7, 11) is 1.55. The van der Waals surface area contributed by atoms with E-state index in [9.17, 15) is 9.18 Å². The van der Waals surface area contributed by atoms with E-state index in [-0.39, 0.29) is 42.0 Å². The molecule has 2 aliphatic rings. The first kappa shape index (κ1) is 24.8. The zero-order valence-electron chi connectivity index (χ0n) is 16.5. The number of nitrogens with two attached hydrogens (primary N) is 1. The third kappa shape index (κ3) is 5.65. The lowest BCUT2D eigenvalue weighted by atomic mass is 9.71. The number of methoxy groups -OCH3 is 1. The highest BCUT2D eigenvalue weighted by molar-refractivity contribution is 5.85. The fraction of sp³-hybridized carbons (Fsp3) is 0.650. The van der Waals surface area contributed by atoms with E-state index in [1.165, 1.54) is 31.4 Å². The summed E-state index contributed by atoms with van der Waals surface area (Å²) >= 11 is 0. The minimum atomic E-state index is -0.307. The van der Waals surface area contributed by atoms with Gasteiger partial charge in [0.25, 0.3) is 0 Å². The lowest BCUT2D eigenvalue weighted by Crippen LogP contribution is -2.50. The Bertz CT molecular complexity index is 634. The van der Waals surface area contributed by atoms with Gasteiger partial charge in [-0.25, -0.2) is 4.39 Å². The number of ether oxygens (including phenoxy) is 1. The second-order valence-corrected chi connectivity index (χ2v) is 7.63. The molecular formula is C20H32Cl2FN3O2. The van der Waals surface area contributed by atoms with Gasteiger partial charge in [-0.2, -0.15) is 0 Å². The molecule has 1 saturated heterocycles. The summed E-state index contributed by atoms with van der Waals surface area (Å²) in [6.45, 7) is 3.41. The third-order valence-corrected chi connectivity index (χ3v) is 5.99. The number of rotatable bonds is 5. The zero-order valence-corrected chi connectivity index (χ0v) is 18.1. The third-order valence-electron chi connectivity index (χ3n) is 5.99. The monoisotopic (exact) mass is 435 g/mol. The van der Waals surface area contributed by atoms with Crippen LogP contribution in [0.5, 0.6) is 5.75 Å². The molecule has 1 aliphatic heterocycles. The van der Waals surface area contributed by atoms with E-state index < -0.39 is 0 Å². The van der Waals surface area contributed by atoms with Crippen LogP contribution in [0, 0.1) is 11.2 Å². The van der Waals surface area contributed by atoms with Crippen LogP contribution in [0.2, 0.25) is 0 Å². The van der Waals surface area contributed by atoms with Gasteiger partial charge in [-0.1, -0.05) is 19.3 Å². The normalized spacial score (nSPS) is 18.7. The minimum absolute atomic E-state index is 0. The molecular weight excluding hydrogens is 404 g/mol. The van der Waals surface area contributed by atoms with Crippen molar-refractivity contribution in [2.45, 2.75) is 38.5 Å². The molecule has 2 N–H and O–H groups in total. The zero-order chi connectivity index (χ0) is 18.6. The van der Waals surface area contributed by atoms with Crippen LogP contribution >= 0.6 is 24.8 Å². The van der Waals surface area contributed by atoms with E-state index in [0.29, 0.717) is 31.8 Å². The van der Waals surface area contributed by atoms with E-state index >= 15 is 0 Å². The molecule has 5 nitrogen and oxygen atoms in total. The topological polar surface area (TPSA) is 58.8 Å². The van der Waals surface area contributed by atoms with Crippen molar-refractivity contribution in [1.29, 1.82) is 0 Å². The highest BCUT2D eigenvalue weighted by Gasteiger charge is 2.35. The van der Waals surface area contributed by atoms with Gasteiger partial charge in [-0.15, -0.1) is 24.8 Å². The van der Waals surface area contributed by atoms with Gasteiger partial charge in [-0.3, -0.25) is 4.79 Å². The summed E-state index contributed by atoms with van der Waals surface area (Å²) < 4.78 is 18.7. The summed E-state index contributed by atoms with van der Waals surface area (Å²) in [6, 6.07) is 4.60. The predicted octanol–water partition coefficient (Wildman–Crippen LogP) is 3.63. The number of halogens is 3. The standard InChI is InChI=1S/C20H30FN3O2.2ClH/c1-26-18-13-16(21)5-6-17(18)23-9-11-24(12-10-23)19(25)14-20(15-22)7-3-2-4-8-20;;/h5-6,13H,2-4,7-12,14-15,22H2,1H3;2*1H. The average Bonchev–Trinajstić information content (AvgIpc) is 2.68. The average molecular weight is 436 g/mol. The largest absolute Gasteiger partial charge is 0.494 e. The summed E-state index contributed by atoms with van der Waals surface area (Å²) in [5, 5.41) is 0. The molecule has 1 aromatic rings. The number of carbonyl (C=O) groups excluding carboxylic acids is 1. The predicted molar refractivity (Wildman–Crippen MR) is 115 cm³/mol. The molecule has 160 valence electrons. The maximum atomic E-state index is 13.4. The SMILES string of the molecule is COc1cc(F)ccc1N1CCN(C(=O)CC2(CN)CCCCC2)CC1.Cl.Cl. The summed E-state index contributed by atoms with van der Waals surface area (Å²) in [5.41, 5.74) is 6.92. The van der Waals surface area contributed by atoms with Crippen molar-refractivity contribution in [3.8, 4) is 5.75 Å². The van der Waals surface area contributed by atoms with Gasteiger partial charge in [0.1, 0.15) is 11.6 Å². The minimum Gasteiger partial charge on any atom is -0.494 e. The van der Waals surface area contributed by atoms with Crippen molar-refractivity contribution in [3.05, 3.63) is 24.0 Å². The summed E-state index contributed by atoms with van der Waals surface area (Å²) in [4.78, 5) is 16.9. The van der Waals surface area contributed by atoms with E-state index in [4.69, 9.17) is 10.5 Å². The van der Waals surface area contributed by atoms with Gasteiger partial charge in [0.05, 0.1) is 12.8 Å². The Labute approximate surface area is 179 Å².